The molecule has 0 saturated carbocycles. The lowest BCUT2D eigenvalue weighted by atomic mass is 10.0. The number of pyridine rings is 1. The van der Waals surface area contributed by atoms with Crippen LogP contribution in [-0.4, -0.2) is 44.7 Å². The predicted molar refractivity (Wildman–Crippen MR) is 130 cm³/mol. The van der Waals surface area contributed by atoms with Gasteiger partial charge in [0.05, 0.1) is 22.8 Å². The lowest BCUT2D eigenvalue weighted by molar-refractivity contribution is 0.0745. The van der Waals surface area contributed by atoms with Crippen LogP contribution in [0.2, 0.25) is 0 Å². The molecule has 1 fully saturated rings. The number of carbonyl (C=O) groups excluding carboxylic acids is 1. The number of halogens is 2. The van der Waals surface area contributed by atoms with Gasteiger partial charge in [0.15, 0.2) is 5.65 Å². The van der Waals surface area contributed by atoms with Crippen LogP contribution in [0.4, 0.5) is 0 Å². The zero-order chi connectivity index (χ0) is 20.7. The van der Waals surface area contributed by atoms with E-state index < -0.39 is 0 Å². The van der Waals surface area contributed by atoms with E-state index in [1.54, 1.807) is 6.20 Å². The van der Waals surface area contributed by atoms with Crippen molar-refractivity contribution in [3.63, 3.8) is 0 Å². The molecule has 2 aromatic heterocycles. The van der Waals surface area contributed by atoms with Gasteiger partial charge in [-0.1, -0.05) is 24.3 Å². The second-order valence-corrected chi connectivity index (χ2v) is 8.43. The van der Waals surface area contributed by atoms with Crippen LogP contribution in [0.3, 0.4) is 0 Å². The van der Waals surface area contributed by atoms with Crippen molar-refractivity contribution in [1.82, 2.24) is 19.7 Å². The smallest absolute Gasteiger partial charge is 0.254 e. The predicted octanol–water partition coefficient (Wildman–Crippen LogP) is 4.64. The molecule has 8 heteroatoms. The maximum atomic E-state index is 13.6. The molecule has 6 nitrogen and oxygen atoms in total. The highest BCUT2D eigenvalue weighted by molar-refractivity contribution is 6.06. The van der Waals surface area contributed by atoms with Crippen molar-refractivity contribution in [2.45, 2.75) is 46.2 Å². The Bertz CT molecular complexity index is 1070. The van der Waals surface area contributed by atoms with Crippen molar-refractivity contribution in [2.75, 3.05) is 13.1 Å². The minimum Gasteiger partial charge on any atom is -0.336 e. The molecule has 3 aromatic rings. The molecule has 0 aliphatic carbocycles. The third kappa shape index (κ3) is 4.56. The van der Waals surface area contributed by atoms with Gasteiger partial charge in [0.1, 0.15) is 0 Å². The Kier molecular flexibility index (Phi) is 8.09. The van der Waals surface area contributed by atoms with Crippen molar-refractivity contribution in [3.05, 3.63) is 47.7 Å². The Hall–Kier alpha value is -2.15. The first-order valence-electron chi connectivity index (χ1n) is 10.4. The molecule has 1 amide bonds. The molecule has 0 radical (unpaired) electrons. The number of hydrogen-bond donors (Lipinski definition) is 1. The standard InChI is InChI=1S/C23H29N5O.2ClH/c1-14(2)28-22-20(12-25-28)19(23(29)27-13-17(11-24)9-16(27)4)10-21(26-22)18-8-6-5-7-15(18)3;;/h5-8,10,12,14,16-17H,9,11,13,24H2,1-4H3;2*1H. The zero-order valence-corrected chi connectivity index (χ0v) is 20.0. The van der Waals surface area contributed by atoms with Gasteiger partial charge in [0.2, 0.25) is 0 Å². The van der Waals surface area contributed by atoms with Gasteiger partial charge in [-0.3, -0.25) is 4.79 Å². The number of aromatic nitrogens is 3. The summed E-state index contributed by atoms with van der Waals surface area (Å²) < 4.78 is 1.89. The maximum Gasteiger partial charge on any atom is 0.254 e. The number of carbonyl (C=O) groups is 1. The Morgan fingerprint density at radius 2 is 1.97 bits per heavy atom. The first kappa shape index (κ1) is 25.1. The van der Waals surface area contributed by atoms with Gasteiger partial charge in [-0.05, 0) is 58.2 Å². The molecule has 1 aliphatic heterocycles. The SMILES string of the molecule is Cc1ccccc1-c1cc(C(=O)N2CC(CN)CC2C)c2cnn(C(C)C)c2n1.Cl.Cl. The number of nitrogens with two attached hydrogens (primary N) is 1. The number of nitrogens with zero attached hydrogens (tertiary/aromatic N) is 4. The van der Waals surface area contributed by atoms with Crippen molar-refractivity contribution >= 4 is 41.8 Å². The van der Waals surface area contributed by atoms with Crippen molar-refractivity contribution in [2.24, 2.45) is 11.7 Å². The molecule has 4 rings (SSSR count). The largest absolute Gasteiger partial charge is 0.336 e. The number of rotatable bonds is 4. The topological polar surface area (TPSA) is 77.0 Å². The number of aryl methyl sites for hydroxylation is 1. The van der Waals surface area contributed by atoms with E-state index in [-0.39, 0.29) is 42.8 Å². The van der Waals surface area contributed by atoms with Gasteiger partial charge in [-0.2, -0.15) is 5.10 Å². The van der Waals surface area contributed by atoms with Crippen LogP contribution >= 0.6 is 24.8 Å². The fourth-order valence-corrected chi connectivity index (χ4v) is 4.32. The summed E-state index contributed by atoms with van der Waals surface area (Å²) >= 11 is 0. The van der Waals surface area contributed by atoms with E-state index >= 15 is 0 Å². The van der Waals surface area contributed by atoms with Crippen molar-refractivity contribution in [1.29, 1.82) is 0 Å². The second kappa shape index (κ2) is 9.98. The lowest BCUT2D eigenvalue weighted by Crippen LogP contribution is -2.34. The Labute approximate surface area is 196 Å². The highest BCUT2D eigenvalue weighted by atomic mass is 35.5. The number of fused-ring (bicyclic) bond motifs is 1. The van der Waals surface area contributed by atoms with Gasteiger partial charge < -0.3 is 10.6 Å². The van der Waals surface area contributed by atoms with Gasteiger partial charge >= 0.3 is 0 Å². The minimum atomic E-state index is 0. The molecule has 1 saturated heterocycles. The molecule has 0 bridgehead atoms. The molecule has 2 atom stereocenters. The fraction of sp³-hybridized carbons (Fsp3) is 0.435. The quantitative estimate of drug-likeness (QED) is 0.610. The van der Waals surface area contributed by atoms with E-state index in [0.717, 1.165) is 34.3 Å². The van der Waals surface area contributed by atoms with Crippen LogP contribution < -0.4 is 5.73 Å². The average Bonchev–Trinajstić information content (AvgIpc) is 3.30. The second-order valence-electron chi connectivity index (χ2n) is 8.43. The van der Waals surface area contributed by atoms with Crippen molar-refractivity contribution in [3.8, 4) is 11.3 Å². The van der Waals surface area contributed by atoms with Crippen LogP contribution in [0.5, 0.6) is 0 Å². The van der Waals surface area contributed by atoms with E-state index in [2.05, 4.69) is 44.9 Å². The van der Waals surface area contributed by atoms with E-state index in [1.807, 2.05) is 27.8 Å². The molecule has 2 unspecified atom stereocenters. The van der Waals surface area contributed by atoms with E-state index in [0.29, 0.717) is 24.6 Å². The third-order valence-electron chi connectivity index (χ3n) is 5.96. The molecule has 3 heterocycles. The Morgan fingerprint density at radius 3 is 2.58 bits per heavy atom. The van der Waals surface area contributed by atoms with E-state index in [1.165, 1.54) is 0 Å². The number of hydrogen-bond acceptors (Lipinski definition) is 4. The first-order valence-corrected chi connectivity index (χ1v) is 10.4. The molecule has 31 heavy (non-hydrogen) atoms. The Morgan fingerprint density at radius 1 is 1.26 bits per heavy atom. The monoisotopic (exact) mass is 463 g/mol. The van der Waals surface area contributed by atoms with Gasteiger partial charge in [0, 0.05) is 24.2 Å². The summed E-state index contributed by atoms with van der Waals surface area (Å²) in [5.41, 5.74) is 10.3. The summed E-state index contributed by atoms with van der Waals surface area (Å²) in [5, 5.41) is 5.34. The molecule has 1 aliphatic rings. The maximum absolute atomic E-state index is 13.6. The number of amides is 1. The average molecular weight is 464 g/mol. The molecule has 1 aromatic carbocycles. The highest BCUT2D eigenvalue weighted by Gasteiger charge is 2.33. The van der Waals surface area contributed by atoms with Crippen LogP contribution in [0.1, 0.15) is 49.2 Å². The molecule has 0 spiro atoms. The molecular weight excluding hydrogens is 433 g/mol. The number of benzene rings is 1. The van der Waals surface area contributed by atoms with Crippen LogP contribution in [0, 0.1) is 12.8 Å². The Balaban J connectivity index is 0.00000171. The van der Waals surface area contributed by atoms with Crippen LogP contribution in [0.25, 0.3) is 22.3 Å². The molecule has 2 N–H and O–H groups in total. The van der Waals surface area contributed by atoms with Gasteiger partial charge in [-0.15, -0.1) is 24.8 Å². The first-order chi connectivity index (χ1) is 13.9. The van der Waals surface area contributed by atoms with E-state index in [9.17, 15) is 4.79 Å². The van der Waals surface area contributed by atoms with Crippen LogP contribution in [-0.2, 0) is 0 Å². The minimum absolute atomic E-state index is 0. The highest BCUT2D eigenvalue weighted by Crippen LogP contribution is 2.31. The summed E-state index contributed by atoms with van der Waals surface area (Å²) in [7, 11) is 0. The van der Waals surface area contributed by atoms with E-state index in [4.69, 9.17) is 10.7 Å². The zero-order valence-electron chi connectivity index (χ0n) is 18.4. The lowest BCUT2D eigenvalue weighted by Gasteiger charge is -2.22. The number of likely N-dealkylation sites (tertiary alicyclic amines) is 1. The summed E-state index contributed by atoms with van der Waals surface area (Å²) in [4.78, 5) is 20.5. The molecule has 168 valence electrons. The molecular formula is C23H31Cl2N5O. The summed E-state index contributed by atoms with van der Waals surface area (Å²) in [6.45, 7) is 9.63. The summed E-state index contributed by atoms with van der Waals surface area (Å²) in [6.07, 6.45) is 2.73. The normalized spacial score (nSPS) is 18.2. The van der Waals surface area contributed by atoms with Crippen molar-refractivity contribution < 1.29 is 4.79 Å². The summed E-state index contributed by atoms with van der Waals surface area (Å²) in [6, 6.07) is 10.4. The van der Waals surface area contributed by atoms with Gasteiger partial charge in [0.25, 0.3) is 5.91 Å². The fourth-order valence-electron chi connectivity index (χ4n) is 4.32. The summed E-state index contributed by atoms with van der Waals surface area (Å²) in [5.74, 6) is 0.402. The third-order valence-corrected chi connectivity index (χ3v) is 5.96. The van der Waals surface area contributed by atoms with Crippen LogP contribution in [0.15, 0.2) is 36.5 Å². The van der Waals surface area contributed by atoms with Gasteiger partial charge in [-0.25, -0.2) is 9.67 Å².